The van der Waals surface area contributed by atoms with E-state index in [0.29, 0.717) is 0 Å². The van der Waals surface area contributed by atoms with E-state index >= 15 is 0 Å². The van der Waals surface area contributed by atoms with Gasteiger partial charge in [-0.05, 0) is 104 Å². The first-order valence-electron chi connectivity index (χ1n) is 22.4. The largest absolute Gasteiger partial charge is 0.457 e. The highest BCUT2D eigenvalue weighted by Crippen LogP contribution is 2.67. The lowest BCUT2D eigenvalue weighted by Gasteiger charge is -2.41. The molecule has 0 unspecified atom stereocenters. The molecule has 0 radical (unpaired) electrons. The van der Waals surface area contributed by atoms with Crippen LogP contribution in [-0.2, 0) is 10.8 Å². The number of fused-ring (bicyclic) bond motifs is 18. The Morgan fingerprint density at radius 2 is 0.785 bits per heavy atom. The molecule has 0 fully saturated rings. The fraction of sp³-hybridized carbons (Fsp3) is 0.0323. The Balaban J connectivity index is 1.08. The summed E-state index contributed by atoms with van der Waals surface area (Å²) < 4.78 is 6.73. The van der Waals surface area contributed by atoms with E-state index < -0.39 is 10.8 Å². The molecule has 10 aromatic rings. The number of hydrogen-bond acceptors (Lipinski definition) is 3. The van der Waals surface area contributed by atoms with Crippen molar-refractivity contribution < 1.29 is 4.74 Å². The summed E-state index contributed by atoms with van der Waals surface area (Å²) in [5.74, 6) is 1.78. The second-order valence-electron chi connectivity index (χ2n) is 17.4. The molecular formula is C62H39NOS. The summed E-state index contributed by atoms with van der Waals surface area (Å²) in [6.07, 6.45) is 0. The summed E-state index contributed by atoms with van der Waals surface area (Å²) in [5.41, 5.74) is 19.9. The van der Waals surface area contributed by atoms with Crippen molar-refractivity contribution in [2.75, 3.05) is 4.90 Å². The third-order valence-corrected chi connectivity index (χ3v) is 15.6. The number of para-hydroxylation sites is 2. The van der Waals surface area contributed by atoms with Crippen molar-refractivity contribution in [2.24, 2.45) is 0 Å². The van der Waals surface area contributed by atoms with Crippen LogP contribution in [0, 0.1) is 0 Å². The molecule has 2 spiro atoms. The topological polar surface area (TPSA) is 12.5 Å². The van der Waals surface area contributed by atoms with Crippen LogP contribution in [0.2, 0.25) is 0 Å². The lowest BCUT2D eigenvalue weighted by molar-refractivity contribution is 0.436. The molecule has 0 bridgehead atoms. The molecule has 0 N–H and O–H groups in total. The molecule has 2 aliphatic heterocycles. The average Bonchev–Trinajstić information content (AvgIpc) is 3.84. The quantitative estimate of drug-likeness (QED) is 0.175. The van der Waals surface area contributed by atoms with Gasteiger partial charge in [-0.15, -0.1) is 0 Å². The van der Waals surface area contributed by atoms with E-state index in [9.17, 15) is 0 Å². The molecule has 4 aliphatic rings. The Morgan fingerprint density at radius 1 is 0.323 bits per heavy atom. The summed E-state index contributed by atoms with van der Waals surface area (Å²) in [6.45, 7) is 0. The maximum absolute atomic E-state index is 6.73. The fourth-order valence-electron chi connectivity index (χ4n) is 12.0. The van der Waals surface area contributed by atoms with Gasteiger partial charge in [-0.25, -0.2) is 0 Å². The average molecular weight is 846 g/mol. The SMILES string of the molecule is c1ccc(-c2ccc(N(c3cccc4c3Sc3ccccc3C43c4ccccc4-c4ccccc43)c3cccc4c3-c3ccccc3C43c4ccccc4Oc4ccccc43)cc2)cc1. The van der Waals surface area contributed by atoms with Crippen molar-refractivity contribution in [2.45, 2.75) is 20.6 Å². The third kappa shape index (κ3) is 4.86. The fourth-order valence-corrected chi connectivity index (χ4v) is 13.2. The van der Waals surface area contributed by atoms with Crippen LogP contribution in [0.5, 0.6) is 11.5 Å². The summed E-state index contributed by atoms with van der Waals surface area (Å²) in [4.78, 5) is 5.09. The first-order chi connectivity index (χ1) is 32.3. The van der Waals surface area contributed by atoms with Gasteiger partial charge in [-0.2, -0.15) is 0 Å². The van der Waals surface area contributed by atoms with Crippen molar-refractivity contribution in [3.63, 3.8) is 0 Å². The molecule has 2 aliphatic carbocycles. The predicted molar refractivity (Wildman–Crippen MR) is 265 cm³/mol. The number of benzene rings is 10. The second kappa shape index (κ2) is 13.8. The van der Waals surface area contributed by atoms with Crippen molar-refractivity contribution in [1.82, 2.24) is 0 Å². The molecule has 0 amide bonds. The Hall–Kier alpha value is -7.85. The molecule has 304 valence electrons. The van der Waals surface area contributed by atoms with Crippen LogP contribution < -0.4 is 9.64 Å². The summed E-state index contributed by atoms with van der Waals surface area (Å²) in [7, 11) is 0. The third-order valence-electron chi connectivity index (χ3n) is 14.4. The Labute approximate surface area is 383 Å². The maximum atomic E-state index is 6.73. The van der Waals surface area contributed by atoms with Crippen LogP contribution in [0.1, 0.15) is 44.5 Å². The highest BCUT2D eigenvalue weighted by molar-refractivity contribution is 7.99. The zero-order valence-electron chi connectivity index (χ0n) is 35.3. The number of nitrogens with zero attached hydrogens (tertiary/aromatic N) is 1. The lowest BCUT2D eigenvalue weighted by Crippen LogP contribution is -2.32. The summed E-state index contributed by atoms with van der Waals surface area (Å²) in [5, 5.41) is 0. The maximum Gasteiger partial charge on any atom is 0.132 e. The standard InChI is InChI=1S/C62H39NOS/c1-2-18-40(19-3-1)41-36-38-42(39-37-41)63(54-31-16-29-52-59(54)45-22-6-9-25-48(45)62(52)49-26-10-13-33-56(49)64-57-34-14-11-27-50(57)62)55-32-17-30-53-60(55)65-58-35-15-12-28-51(58)61(53)46-23-7-4-20-43(46)44-21-5-8-24-47(44)61/h1-39H. The van der Waals surface area contributed by atoms with Crippen LogP contribution in [-0.4, -0.2) is 0 Å². The lowest BCUT2D eigenvalue weighted by atomic mass is 9.66. The van der Waals surface area contributed by atoms with Crippen molar-refractivity contribution in [3.05, 3.63) is 281 Å². The van der Waals surface area contributed by atoms with Crippen LogP contribution in [0.25, 0.3) is 33.4 Å². The van der Waals surface area contributed by atoms with Gasteiger partial charge in [0.25, 0.3) is 0 Å². The van der Waals surface area contributed by atoms with Gasteiger partial charge in [0, 0.05) is 32.2 Å². The number of rotatable bonds is 4. The number of anilines is 3. The molecule has 0 aromatic heterocycles. The van der Waals surface area contributed by atoms with Gasteiger partial charge in [0.05, 0.1) is 22.2 Å². The Morgan fingerprint density at radius 3 is 1.45 bits per heavy atom. The first-order valence-corrected chi connectivity index (χ1v) is 23.2. The van der Waals surface area contributed by atoms with E-state index in [2.05, 4.69) is 241 Å². The molecule has 3 heteroatoms. The second-order valence-corrected chi connectivity index (χ2v) is 18.5. The number of hydrogen-bond donors (Lipinski definition) is 0. The molecule has 0 saturated carbocycles. The van der Waals surface area contributed by atoms with E-state index in [1.807, 2.05) is 11.8 Å². The van der Waals surface area contributed by atoms with E-state index in [1.165, 1.54) is 76.6 Å². The highest BCUT2D eigenvalue weighted by atomic mass is 32.2. The highest BCUT2D eigenvalue weighted by Gasteiger charge is 2.53. The molecule has 0 saturated heterocycles. The van der Waals surface area contributed by atoms with Gasteiger partial charge in [0.2, 0.25) is 0 Å². The minimum absolute atomic E-state index is 0.506. The molecule has 2 nitrogen and oxygen atoms in total. The van der Waals surface area contributed by atoms with Crippen molar-refractivity contribution in [1.29, 1.82) is 0 Å². The molecule has 14 rings (SSSR count). The van der Waals surface area contributed by atoms with Crippen LogP contribution in [0.4, 0.5) is 17.1 Å². The van der Waals surface area contributed by atoms with Gasteiger partial charge in [0.15, 0.2) is 0 Å². The molecule has 2 heterocycles. The normalized spacial score (nSPS) is 14.5. The first kappa shape index (κ1) is 36.6. The Kier molecular flexibility index (Phi) is 7.79. The minimum Gasteiger partial charge on any atom is -0.457 e. The monoisotopic (exact) mass is 845 g/mol. The van der Waals surface area contributed by atoms with Crippen molar-refractivity contribution in [3.8, 4) is 44.9 Å². The van der Waals surface area contributed by atoms with E-state index in [-0.39, 0.29) is 0 Å². The van der Waals surface area contributed by atoms with E-state index in [4.69, 9.17) is 4.74 Å². The molecule has 0 atom stereocenters. The van der Waals surface area contributed by atoms with Gasteiger partial charge < -0.3 is 9.64 Å². The summed E-state index contributed by atoms with van der Waals surface area (Å²) in [6, 6.07) is 87.5. The predicted octanol–water partition coefficient (Wildman–Crippen LogP) is 16.1. The number of ether oxygens (including phenoxy) is 1. The van der Waals surface area contributed by atoms with Crippen LogP contribution in [0.15, 0.2) is 246 Å². The zero-order valence-corrected chi connectivity index (χ0v) is 36.1. The van der Waals surface area contributed by atoms with Crippen LogP contribution in [0.3, 0.4) is 0 Å². The smallest absolute Gasteiger partial charge is 0.132 e. The van der Waals surface area contributed by atoms with E-state index in [1.54, 1.807) is 0 Å². The molecule has 65 heavy (non-hydrogen) atoms. The van der Waals surface area contributed by atoms with Crippen LogP contribution >= 0.6 is 11.8 Å². The van der Waals surface area contributed by atoms with Crippen molar-refractivity contribution >= 4 is 28.8 Å². The molecular weight excluding hydrogens is 807 g/mol. The van der Waals surface area contributed by atoms with Gasteiger partial charge >= 0.3 is 0 Å². The van der Waals surface area contributed by atoms with Gasteiger partial charge in [-0.3, -0.25) is 0 Å². The minimum atomic E-state index is -0.596. The van der Waals surface area contributed by atoms with E-state index in [0.717, 1.165) is 39.7 Å². The molecule has 10 aromatic carbocycles. The Bertz CT molecular complexity index is 3480. The summed E-state index contributed by atoms with van der Waals surface area (Å²) >= 11 is 1.90. The van der Waals surface area contributed by atoms with Gasteiger partial charge in [-0.1, -0.05) is 206 Å². The zero-order chi connectivity index (χ0) is 42.7. The van der Waals surface area contributed by atoms with Gasteiger partial charge in [0.1, 0.15) is 11.5 Å².